The number of halogens is 2. The van der Waals surface area contributed by atoms with Crippen LogP contribution in [0.25, 0.3) is 22.3 Å². The SMILES string of the molecule is O=C(CCCCCCCC(=O)Nc1cc(-c2ccc3ncn(Cc4c(Cl)cccc4Cl)c3c2)[nH]n1)NCCNc1cccc2c1C(=O)N(C1CCC(=O)NC1=O)C2=O. The molecular weight excluding hydrogens is 785 g/mol. The molecule has 4 heterocycles. The number of anilines is 2. The smallest absolute Gasteiger partial charge is 0.264 e. The topological polar surface area (TPSA) is 200 Å². The van der Waals surface area contributed by atoms with E-state index in [9.17, 15) is 28.8 Å². The van der Waals surface area contributed by atoms with Crippen LogP contribution in [-0.2, 0) is 25.7 Å². The Morgan fingerprint density at radius 1 is 0.845 bits per heavy atom. The molecule has 3 aromatic carbocycles. The van der Waals surface area contributed by atoms with E-state index in [-0.39, 0.29) is 35.8 Å². The third-order valence-electron chi connectivity index (χ3n) is 10.2. The Labute approximate surface area is 343 Å². The zero-order valence-electron chi connectivity index (χ0n) is 31.4. The van der Waals surface area contributed by atoms with Gasteiger partial charge in [-0.1, -0.05) is 60.7 Å². The molecular formula is C41H41Cl2N9O6. The van der Waals surface area contributed by atoms with Gasteiger partial charge in [-0.3, -0.25) is 44.1 Å². The largest absolute Gasteiger partial charge is 0.383 e. The molecule has 0 saturated carbocycles. The van der Waals surface area contributed by atoms with E-state index in [0.29, 0.717) is 66.9 Å². The first-order chi connectivity index (χ1) is 28.1. The molecule has 2 aromatic heterocycles. The van der Waals surface area contributed by atoms with E-state index < -0.39 is 29.7 Å². The van der Waals surface area contributed by atoms with Crippen molar-refractivity contribution in [1.29, 1.82) is 0 Å². The number of amides is 6. The van der Waals surface area contributed by atoms with Crippen LogP contribution in [-0.4, -0.2) is 79.2 Å². The second kappa shape index (κ2) is 18.0. The summed E-state index contributed by atoms with van der Waals surface area (Å²) in [4.78, 5) is 80.7. The molecule has 0 spiro atoms. The lowest BCUT2D eigenvalue weighted by Crippen LogP contribution is -2.54. The van der Waals surface area contributed by atoms with Crippen molar-refractivity contribution in [3.05, 3.63) is 93.7 Å². The Kier molecular flexibility index (Phi) is 12.5. The molecule has 5 aromatic rings. The van der Waals surface area contributed by atoms with E-state index in [1.165, 1.54) is 6.07 Å². The van der Waals surface area contributed by atoms with Crippen LogP contribution < -0.4 is 21.3 Å². The van der Waals surface area contributed by atoms with Gasteiger partial charge >= 0.3 is 0 Å². The van der Waals surface area contributed by atoms with Crippen molar-refractivity contribution < 1.29 is 28.8 Å². The maximum atomic E-state index is 13.2. The molecule has 7 rings (SSSR count). The predicted molar refractivity (Wildman–Crippen MR) is 218 cm³/mol. The van der Waals surface area contributed by atoms with E-state index >= 15 is 0 Å². The molecule has 58 heavy (non-hydrogen) atoms. The maximum Gasteiger partial charge on any atom is 0.264 e. The summed E-state index contributed by atoms with van der Waals surface area (Å²) in [5.41, 5.74) is 4.94. The Balaban J connectivity index is 0.775. The van der Waals surface area contributed by atoms with Gasteiger partial charge in [-0.05, 0) is 55.7 Å². The minimum Gasteiger partial charge on any atom is -0.383 e. The number of carbonyl (C=O) groups excluding carboxylic acids is 6. The zero-order chi connectivity index (χ0) is 40.8. The second-order valence-corrected chi connectivity index (χ2v) is 15.0. The monoisotopic (exact) mass is 825 g/mol. The van der Waals surface area contributed by atoms with Crippen LogP contribution in [0.4, 0.5) is 11.5 Å². The van der Waals surface area contributed by atoms with Crippen LogP contribution >= 0.6 is 23.2 Å². The molecule has 2 aliphatic heterocycles. The van der Waals surface area contributed by atoms with Gasteiger partial charge in [0.2, 0.25) is 23.6 Å². The Bertz CT molecular complexity index is 2390. The molecule has 0 bridgehead atoms. The molecule has 17 heteroatoms. The van der Waals surface area contributed by atoms with E-state index in [0.717, 1.165) is 52.0 Å². The highest BCUT2D eigenvalue weighted by Crippen LogP contribution is 2.33. The standard InChI is InChI=1S/C41H41Cl2N9O6/c42-27-9-7-10-28(43)26(27)22-51-23-46-29-15-14-24(20-33(29)51)31-21-34(50-49-31)47-36(54)13-5-3-1-2-4-12-35(53)45-19-18-44-30-11-6-8-25-38(30)41(58)52(40(25)57)32-16-17-37(55)48-39(32)56/h6-11,14-15,20-21,23,32,44H,1-5,12-13,16-19,22H2,(H,45,53)(H,48,55,56)(H2,47,49,50,54). The maximum absolute atomic E-state index is 13.2. The lowest BCUT2D eigenvalue weighted by Gasteiger charge is -2.27. The molecule has 1 fully saturated rings. The number of aromatic amines is 1. The number of carbonyl (C=O) groups is 6. The lowest BCUT2D eigenvalue weighted by atomic mass is 10.0. The average molecular weight is 827 g/mol. The molecule has 1 saturated heterocycles. The molecule has 0 radical (unpaired) electrons. The summed E-state index contributed by atoms with van der Waals surface area (Å²) in [5.74, 6) is -2.06. The number of unbranched alkanes of at least 4 members (excludes halogenated alkanes) is 4. The normalized spacial score (nSPS) is 15.1. The number of imidazole rings is 1. The summed E-state index contributed by atoms with van der Waals surface area (Å²) < 4.78 is 1.98. The van der Waals surface area contributed by atoms with Crippen molar-refractivity contribution in [2.45, 2.75) is 70.4 Å². The van der Waals surface area contributed by atoms with Crippen molar-refractivity contribution in [2.75, 3.05) is 23.7 Å². The van der Waals surface area contributed by atoms with Crippen LogP contribution in [0.5, 0.6) is 0 Å². The minimum absolute atomic E-state index is 0.0437. The highest BCUT2D eigenvalue weighted by atomic mass is 35.5. The van der Waals surface area contributed by atoms with Crippen molar-refractivity contribution >= 4 is 81.2 Å². The first-order valence-electron chi connectivity index (χ1n) is 19.2. The van der Waals surface area contributed by atoms with Gasteiger partial charge in [-0.15, -0.1) is 0 Å². The molecule has 1 unspecified atom stereocenters. The van der Waals surface area contributed by atoms with Crippen molar-refractivity contribution in [3.8, 4) is 11.3 Å². The third kappa shape index (κ3) is 9.05. The van der Waals surface area contributed by atoms with Crippen LogP contribution in [0.1, 0.15) is 84.1 Å². The fourth-order valence-corrected chi connectivity index (χ4v) is 7.71. The molecule has 15 nitrogen and oxygen atoms in total. The van der Waals surface area contributed by atoms with Crippen molar-refractivity contribution in [3.63, 3.8) is 0 Å². The van der Waals surface area contributed by atoms with Crippen LogP contribution in [0.15, 0.2) is 67.0 Å². The molecule has 1 atom stereocenters. The number of imide groups is 2. The number of hydrogen-bond acceptors (Lipinski definition) is 9. The number of hydrogen-bond donors (Lipinski definition) is 5. The third-order valence-corrected chi connectivity index (χ3v) is 10.9. The molecule has 2 aliphatic rings. The number of fused-ring (bicyclic) bond motifs is 2. The van der Waals surface area contributed by atoms with Crippen LogP contribution in [0, 0.1) is 0 Å². The van der Waals surface area contributed by atoms with E-state index in [1.807, 2.05) is 41.0 Å². The summed E-state index contributed by atoms with van der Waals surface area (Å²) in [6, 6.07) is 16.9. The molecule has 5 N–H and O–H groups in total. The Morgan fingerprint density at radius 2 is 1.59 bits per heavy atom. The number of nitrogens with one attached hydrogen (secondary N) is 5. The second-order valence-electron chi connectivity index (χ2n) is 14.2. The summed E-state index contributed by atoms with van der Waals surface area (Å²) >= 11 is 12.8. The first-order valence-corrected chi connectivity index (χ1v) is 19.9. The summed E-state index contributed by atoms with van der Waals surface area (Å²) in [6.45, 7) is 1.08. The van der Waals surface area contributed by atoms with Gasteiger partial charge in [0, 0.05) is 65.3 Å². The highest BCUT2D eigenvalue weighted by molar-refractivity contribution is 6.36. The minimum atomic E-state index is -1.04. The fraction of sp³-hybridized carbons (Fsp3) is 0.317. The number of nitrogens with zero attached hydrogens (tertiary/aromatic N) is 4. The average Bonchev–Trinajstić information content (AvgIpc) is 3.90. The number of H-pyrrole nitrogens is 1. The lowest BCUT2D eigenvalue weighted by molar-refractivity contribution is -0.136. The van der Waals surface area contributed by atoms with Gasteiger partial charge in [-0.2, -0.15) is 5.10 Å². The quantitative estimate of drug-likeness (QED) is 0.0545. The molecule has 6 amide bonds. The summed E-state index contributed by atoms with van der Waals surface area (Å²) in [5, 5.41) is 19.5. The Hall–Kier alpha value is -6.06. The Morgan fingerprint density at radius 3 is 2.36 bits per heavy atom. The van der Waals surface area contributed by atoms with Gasteiger partial charge in [0.15, 0.2) is 5.82 Å². The number of rotatable bonds is 17. The van der Waals surface area contributed by atoms with Crippen LogP contribution in [0.2, 0.25) is 10.0 Å². The molecule has 0 aliphatic carbocycles. The first kappa shape index (κ1) is 40.1. The summed E-state index contributed by atoms with van der Waals surface area (Å²) in [6.07, 6.45) is 6.59. The van der Waals surface area contributed by atoms with Crippen molar-refractivity contribution in [1.82, 2.24) is 35.3 Å². The number of benzene rings is 3. The molecule has 300 valence electrons. The number of aromatic nitrogens is 4. The van der Waals surface area contributed by atoms with Gasteiger partial charge < -0.3 is 20.5 Å². The van der Waals surface area contributed by atoms with E-state index in [4.69, 9.17) is 23.2 Å². The highest BCUT2D eigenvalue weighted by Gasteiger charge is 2.45. The van der Waals surface area contributed by atoms with E-state index in [1.54, 1.807) is 24.5 Å². The predicted octanol–water partition coefficient (Wildman–Crippen LogP) is 6.08. The van der Waals surface area contributed by atoms with E-state index in [2.05, 4.69) is 36.4 Å². The van der Waals surface area contributed by atoms with Gasteiger partial charge in [0.25, 0.3) is 11.8 Å². The van der Waals surface area contributed by atoms with Crippen LogP contribution in [0.3, 0.4) is 0 Å². The van der Waals surface area contributed by atoms with Gasteiger partial charge in [0.05, 0.1) is 40.7 Å². The number of piperidine rings is 1. The zero-order valence-corrected chi connectivity index (χ0v) is 32.9. The van der Waals surface area contributed by atoms with Crippen molar-refractivity contribution in [2.24, 2.45) is 0 Å². The summed E-state index contributed by atoms with van der Waals surface area (Å²) in [7, 11) is 0. The van der Waals surface area contributed by atoms with Gasteiger partial charge in [0.1, 0.15) is 6.04 Å². The fourth-order valence-electron chi connectivity index (χ4n) is 7.19. The van der Waals surface area contributed by atoms with Gasteiger partial charge in [-0.25, -0.2) is 4.98 Å².